The average molecular weight is 484 g/mol. The van der Waals surface area contributed by atoms with Gasteiger partial charge in [-0.3, -0.25) is 13.9 Å². The summed E-state index contributed by atoms with van der Waals surface area (Å²) < 4.78 is 27.7. The minimum Gasteiger partial charge on any atom is -0.349 e. The molecule has 33 heavy (non-hydrogen) atoms. The fourth-order valence-corrected chi connectivity index (χ4v) is 4.56. The first-order valence-electron chi connectivity index (χ1n) is 9.94. The van der Waals surface area contributed by atoms with E-state index in [0.29, 0.717) is 10.7 Å². The molecule has 2 amide bonds. The molecule has 0 atom stereocenters. The van der Waals surface area contributed by atoms with Crippen LogP contribution in [0.4, 0.5) is 11.4 Å². The van der Waals surface area contributed by atoms with Gasteiger partial charge in [-0.2, -0.15) is 0 Å². The lowest BCUT2D eigenvalue weighted by Gasteiger charge is -2.24. The van der Waals surface area contributed by atoms with E-state index in [2.05, 4.69) is 17.2 Å². The van der Waals surface area contributed by atoms with Crippen LogP contribution in [-0.2, 0) is 14.8 Å². The van der Waals surface area contributed by atoms with E-state index < -0.39 is 22.5 Å². The van der Waals surface area contributed by atoms with Crippen molar-refractivity contribution in [2.45, 2.75) is 4.90 Å². The number of carbonyl (C=O) groups excluding carboxylic acids is 2. The predicted molar refractivity (Wildman–Crippen MR) is 130 cm³/mol. The molecule has 3 aromatic carbocycles. The van der Waals surface area contributed by atoms with E-state index in [1.54, 1.807) is 60.7 Å². The van der Waals surface area contributed by atoms with Crippen molar-refractivity contribution < 1.29 is 18.0 Å². The van der Waals surface area contributed by atoms with Crippen LogP contribution in [0.15, 0.2) is 96.4 Å². The third-order valence-electron chi connectivity index (χ3n) is 4.59. The topological polar surface area (TPSA) is 95.6 Å². The van der Waals surface area contributed by atoms with Crippen LogP contribution in [0.5, 0.6) is 0 Å². The highest BCUT2D eigenvalue weighted by Crippen LogP contribution is 2.25. The molecule has 0 fully saturated rings. The van der Waals surface area contributed by atoms with Crippen LogP contribution in [-0.4, -0.2) is 33.3 Å². The summed E-state index contributed by atoms with van der Waals surface area (Å²) >= 11 is 5.89. The molecule has 0 saturated heterocycles. The van der Waals surface area contributed by atoms with Crippen molar-refractivity contribution in [3.8, 4) is 0 Å². The fourth-order valence-electron chi connectivity index (χ4n) is 3.01. The SMILES string of the molecule is C=CCNC(=O)c1ccccc1NC(=O)CN(c1ccccc1)S(=O)(=O)c1ccc(Cl)cc1. The molecule has 170 valence electrons. The summed E-state index contributed by atoms with van der Waals surface area (Å²) in [4.78, 5) is 25.3. The molecule has 9 heteroatoms. The van der Waals surface area contributed by atoms with E-state index in [1.165, 1.54) is 24.3 Å². The molecule has 3 aromatic rings. The normalized spacial score (nSPS) is 10.8. The van der Waals surface area contributed by atoms with E-state index in [9.17, 15) is 18.0 Å². The minimum atomic E-state index is -4.07. The average Bonchev–Trinajstić information content (AvgIpc) is 2.82. The molecule has 7 nitrogen and oxygen atoms in total. The van der Waals surface area contributed by atoms with Crippen molar-refractivity contribution in [1.82, 2.24) is 5.32 Å². The molecule has 0 bridgehead atoms. The Bertz CT molecular complexity index is 1250. The van der Waals surface area contributed by atoms with Crippen LogP contribution in [0.3, 0.4) is 0 Å². The number of para-hydroxylation sites is 2. The maximum Gasteiger partial charge on any atom is 0.264 e. The number of nitrogens with one attached hydrogen (secondary N) is 2. The quantitative estimate of drug-likeness (QED) is 0.448. The second-order valence-corrected chi connectivity index (χ2v) is 9.19. The number of halogens is 1. The molecule has 0 aliphatic heterocycles. The summed E-state index contributed by atoms with van der Waals surface area (Å²) in [6.07, 6.45) is 1.54. The van der Waals surface area contributed by atoms with Gasteiger partial charge in [-0.15, -0.1) is 6.58 Å². The van der Waals surface area contributed by atoms with E-state index in [-0.39, 0.29) is 28.6 Å². The second-order valence-electron chi connectivity index (χ2n) is 6.89. The molecule has 0 aromatic heterocycles. The number of sulfonamides is 1. The first-order chi connectivity index (χ1) is 15.8. The third kappa shape index (κ3) is 6.00. The van der Waals surface area contributed by atoms with Crippen LogP contribution in [0.25, 0.3) is 0 Å². The first-order valence-corrected chi connectivity index (χ1v) is 11.8. The smallest absolute Gasteiger partial charge is 0.264 e. The van der Waals surface area contributed by atoms with Crippen molar-refractivity contribution in [2.24, 2.45) is 0 Å². The van der Waals surface area contributed by atoms with Gasteiger partial charge in [-0.1, -0.05) is 48.0 Å². The molecule has 0 heterocycles. The van der Waals surface area contributed by atoms with Gasteiger partial charge in [0.1, 0.15) is 6.54 Å². The molecule has 0 unspecified atom stereocenters. The molecule has 0 saturated carbocycles. The second kappa shape index (κ2) is 10.8. The molecule has 2 N–H and O–H groups in total. The maximum absolute atomic E-state index is 13.4. The highest BCUT2D eigenvalue weighted by Gasteiger charge is 2.27. The zero-order valence-electron chi connectivity index (χ0n) is 17.6. The number of rotatable bonds is 9. The van der Waals surface area contributed by atoms with Gasteiger partial charge in [-0.05, 0) is 48.5 Å². The maximum atomic E-state index is 13.4. The number of nitrogens with zero attached hydrogens (tertiary/aromatic N) is 1. The molecule has 0 radical (unpaired) electrons. The molecular weight excluding hydrogens is 462 g/mol. The van der Waals surface area contributed by atoms with Crippen molar-refractivity contribution >= 4 is 44.8 Å². The lowest BCUT2D eigenvalue weighted by molar-refractivity contribution is -0.114. The Morgan fingerprint density at radius 2 is 1.58 bits per heavy atom. The number of benzene rings is 3. The number of anilines is 2. The van der Waals surface area contributed by atoms with Crippen LogP contribution >= 0.6 is 11.6 Å². The molecule has 3 rings (SSSR count). The predicted octanol–water partition coefficient (Wildman–Crippen LogP) is 4.09. The lowest BCUT2D eigenvalue weighted by Crippen LogP contribution is -2.38. The Morgan fingerprint density at radius 1 is 0.939 bits per heavy atom. The van der Waals surface area contributed by atoms with Crippen LogP contribution in [0.1, 0.15) is 10.4 Å². The highest BCUT2D eigenvalue weighted by molar-refractivity contribution is 7.92. The Labute approximate surface area is 197 Å². The highest BCUT2D eigenvalue weighted by atomic mass is 35.5. The summed E-state index contributed by atoms with van der Waals surface area (Å²) in [5, 5.41) is 5.69. The molecular formula is C24H22ClN3O4S. The summed E-state index contributed by atoms with van der Waals surface area (Å²) in [5.41, 5.74) is 0.833. The molecule has 0 spiro atoms. The monoisotopic (exact) mass is 483 g/mol. The van der Waals surface area contributed by atoms with Gasteiger partial charge < -0.3 is 10.6 Å². The largest absolute Gasteiger partial charge is 0.349 e. The Morgan fingerprint density at radius 3 is 2.24 bits per heavy atom. The number of hydrogen-bond acceptors (Lipinski definition) is 4. The number of amides is 2. The molecule has 0 aliphatic carbocycles. The zero-order valence-corrected chi connectivity index (χ0v) is 19.1. The van der Waals surface area contributed by atoms with Gasteiger partial charge in [0, 0.05) is 11.6 Å². The standard InChI is InChI=1S/C24H22ClN3O4S/c1-2-16-26-24(30)21-10-6-7-11-22(21)27-23(29)17-28(19-8-4-3-5-9-19)33(31,32)20-14-12-18(25)13-15-20/h2-15H,1,16-17H2,(H,26,30)(H,27,29). The third-order valence-corrected chi connectivity index (χ3v) is 6.63. The van der Waals surface area contributed by atoms with E-state index in [0.717, 1.165) is 4.31 Å². The zero-order chi connectivity index (χ0) is 23.8. The minimum absolute atomic E-state index is 0.00671. The Balaban J connectivity index is 1.89. The van der Waals surface area contributed by atoms with Gasteiger partial charge in [0.2, 0.25) is 5.91 Å². The van der Waals surface area contributed by atoms with Gasteiger partial charge in [0.25, 0.3) is 15.9 Å². The van der Waals surface area contributed by atoms with Crippen molar-refractivity contribution in [3.05, 3.63) is 102 Å². The number of hydrogen-bond donors (Lipinski definition) is 2. The van der Waals surface area contributed by atoms with Crippen LogP contribution in [0.2, 0.25) is 5.02 Å². The lowest BCUT2D eigenvalue weighted by atomic mass is 10.1. The molecule has 0 aliphatic rings. The van der Waals surface area contributed by atoms with Gasteiger partial charge in [0.15, 0.2) is 0 Å². The summed E-state index contributed by atoms with van der Waals surface area (Å²) in [6.45, 7) is 3.32. The van der Waals surface area contributed by atoms with Gasteiger partial charge in [0.05, 0.1) is 21.8 Å². The first kappa shape index (κ1) is 24.0. The fraction of sp³-hybridized carbons (Fsp3) is 0.0833. The van der Waals surface area contributed by atoms with Crippen molar-refractivity contribution in [2.75, 3.05) is 22.7 Å². The van der Waals surface area contributed by atoms with Gasteiger partial charge >= 0.3 is 0 Å². The van der Waals surface area contributed by atoms with Crippen LogP contribution in [0, 0.1) is 0 Å². The van der Waals surface area contributed by atoms with E-state index in [1.807, 2.05) is 0 Å². The Kier molecular flexibility index (Phi) is 7.87. The van der Waals surface area contributed by atoms with Gasteiger partial charge in [-0.25, -0.2) is 8.42 Å². The number of carbonyl (C=O) groups is 2. The van der Waals surface area contributed by atoms with E-state index in [4.69, 9.17) is 11.6 Å². The summed E-state index contributed by atoms with van der Waals surface area (Å²) in [7, 11) is -4.07. The van der Waals surface area contributed by atoms with Crippen molar-refractivity contribution in [1.29, 1.82) is 0 Å². The van der Waals surface area contributed by atoms with Crippen LogP contribution < -0.4 is 14.9 Å². The summed E-state index contributed by atoms with van der Waals surface area (Å²) in [5.74, 6) is -1.00. The van der Waals surface area contributed by atoms with E-state index >= 15 is 0 Å². The van der Waals surface area contributed by atoms with Crippen molar-refractivity contribution in [3.63, 3.8) is 0 Å². The Hall–Kier alpha value is -3.62. The summed E-state index contributed by atoms with van der Waals surface area (Å²) in [6, 6.07) is 20.5.